The molecule has 0 bridgehead atoms. The molecule has 1 aliphatic rings. The van der Waals surface area contributed by atoms with Gasteiger partial charge in [0.05, 0.1) is 39.6 Å². The number of carbonyl (C=O) groups is 2. The molecule has 28 heavy (non-hydrogen) atoms. The highest BCUT2D eigenvalue weighted by Gasteiger charge is 2.37. The van der Waals surface area contributed by atoms with E-state index in [2.05, 4.69) is 0 Å². The molecule has 1 amide bonds. The lowest BCUT2D eigenvalue weighted by atomic mass is 10.0. The molecule has 0 unspecified atom stereocenters. The van der Waals surface area contributed by atoms with Crippen LogP contribution in [-0.2, 0) is 14.3 Å². The van der Waals surface area contributed by atoms with Crippen molar-refractivity contribution in [2.45, 2.75) is 20.8 Å². The Morgan fingerprint density at radius 1 is 1.07 bits per heavy atom. The van der Waals surface area contributed by atoms with Crippen LogP contribution < -0.4 is 14.2 Å². The van der Waals surface area contributed by atoms with Gasteiger partial charge < -0.3 is 23.8 Å². The molecule has 7 nitrogen and oxygen atoms in total. The van der Waals surface area contributed by atoms with E-state index in [1.54, 1.807) is 30.0 Å². The average Bonchev–Trinajstić information content (AvgIpc) is 2.90. The number of methoxy groups -OCH3 is 4. The largest absolute Gasteiger partial charge is 0.493 e. The highest BCUT2D eigenvalue weighted by molar-refractivity contribution is 6.16. The number of esters is 1. The van der Waals surface area contributed by atoms with Crippen molar-refractivity contribution in [1.29, 1.82) is 0 Å². The summed E-state index contributed by atoms with van der Waals surface area (Å²) in [4.78, 5) is 27.0. The Morgan fingerprint density at radius 3 is 2.07 bits per heavy atom. The lowest BCUT2D eigenvalue weighted by Gasteiger charge is -2.20. The van der Waals surface area contributed by atoms with Crippen LogP contribution in [0.15, 0.2) is 29.0 Å². The first-order chi connectivity index (χ1) is 13.3. The fourth-order valence-corrected chi connectivity index (χ4v) is 3.16. The van der Waals surface area contributed by atoms with E-state index in [1.807, 2.05) is 13.8 Å². The third-order valence-corrected chi connectivity index (χ3v) is 4.45. The zero-order valence-corrected chi connectivity index (χ0v) is 17.4. The molecular weight excluding hydrogens is 362 g/mol. The van der Waals surface area contributed by atoms with Crippen molar-refractivity contribution in [2.75, 3.05) is 35.0 Å². The van der Waals surface area contributed by atoms with Gasteiger partial charge in [-0.2, -0.15) is 0 Å². The highest BCUT2D eigenvalue weighted by Crippen LogP contribution is 2.40. The van der Waals surface area contributed by atoms with Crippen LogP contribution in [0.2, 0.25) is 0 Å². The number of nitrogens with zero attached hydrogens (tertiary/aromatic N) is 1. The molecule has 152 valence electrons. The van der Waals surface area contributed by atoms with Crippen LogP contribution in [0.4, 0.5) is 0 Å². The van der Waals surface area contributed by atoms with E-state index in [4.69, 9.17) is 18.9 Å². The maximum Gasteiger partial charge on any atom is 0.340 e. The molecule has 1 aromatic rings. The Morgan fingerprint density at radius 2 is 1.64 bits per heavy atom. The predicted molar refractivity (Wildman–Crippen MR) is 105 cm³/mol. The van der Waals surface area contributed by atoms with Crippen molar-refractivity contribution in [3.05, 3.63) is 34.5 Å². The van der Waals surface area contributed by atoms with Crippen LogP contribution in [0.25, 0.3) is 6.08 Å². The molecule has 2 rings (SSSR count). The van der Waals surface area contributed by atoms with Crippen LogP contribution in [0.1, 0.15) is 26.3 Å². The van der Waals surface area contributed by atoms with Crippen molar-refractivity contribution in [2.24, 2.45) is 5.92 Å². The van der Waals surface area contributed by atoms with Crippen LogP contribution >= 0.6 is 0 Å². The predicted octanol–water partition coefficient (Wildman–Crippen LogP) is 3.04. The van der Waals surface area contributed by atoms with Crippen molar-refractivity contribution in [1.82, 2.24) is 4.90 Å². The smallest absolute Gasteiger partial charge is 0.340 e. The van der Waals surface area contributed by atoms with Crippen LogP contribution in [0.3, 0.4) is 0 Å². The summed E-state index contributed by atoms with van der Waals surface area (Å²) in [6, 6.07) is 3.44. The summed E-state index contributed by atoms with van der Waals surface area (Å²) in [5, 5.41) is 0. The zero-order chi connectivity index (χ0) is 21.0. The van der Waals surface area contributed by atoms with Crippen LogP contribution in [0, 0.1) is 5.92 Å². The Labute approximate surface area is 165 Å². The Bertz CT molecular complexity index is 812. The van der Waals surface area contributed by atoms with Gasteiger partial charge in [-0.05, 0) is 36.6 Å². The summed E-state index contributed by atoms with van der Waals surface area (Å²) in [5.41, 5.74) is 1.77. The first-order valence-electron chi connectivity index (χ1n) is 8.92. The number of rotatable bonds is 7. The maximum absolute atomic E-state index is 13.0. The van der Waals surface area contributed by atoms with Gasteiger partial charge in [0.25, 0.3) is 5.91 Å². The minimum absolute atomic E-state index is 0.236. The highest BCUT2D eigenvalue weighted by atomic mass is 16.5. The molecule has 0 aliphatic carbocycles. The van der Waals surface area contributed by atoms with Gasteiger partial charge in [-0.15, -0.1) is 0 Å². The Kier molecular flexibility index (Phi) is 6.72. The number of ether oxygens (including phenoxy) is 4. The van der Waals surface area contributed by atoms with Gasteiger partial charge in [0.2, 0.25) is 5.75 Å². The molecule has 0 N–H and O–H groups in total. The van der Waals surface area contributed by atoms with Gasteiger partial charge in [-0.1, -0.05) is 13.8 Å². The second kappa shape index (κ2) is 8.82. The quantitative estimate of drug-likeness (QED) is 0.527. The molecule has 0 radical (unpaired) electrons. The fraction of sp³-hybridized carbons (Fsp3) is 0.429. The number of hydrogen-bond acceptors (Lipinski definition) is 6. The van der Waals surface area contributed by atoms with Crippen molar-refractivity contribution in [3.8, 4) is 17.2 Å². The van der Waals surface area contributed by atoms with E-state index in [0.29, 0.717) is 35.1 Å². The molecule has 0 atom stereocenters. The van der Waals surface area contributed by atoms with Gasteiger partial charge in [-0.3, -0.25) is 4.79 Å². The third kappa shape index (κ3) is 3.98. The lowest BCUT2D eigenvalue weighted by molar-refractivity contribution is -0.136. The summed E-state index contributed by atoms with van der Waals surface area (Å²) in [5.74, 6) is 0.831. The third-order valence-electron chi connectivity index (χ3n) is 4.45. The summed E-state index contributed by atoms with van der Waals surface area (Å²) in [7, 11) is 5.85. The molecule has 7 heteroatoms. The molecular formula is C21H27NO6. The Hall–Kier alpha value is -2.96. The van der Waals surface area contributed by atoms with E-state index in [1.165, 1.54) is 28.4 Å². The number of benzene rings is 1. The summed E-state index contributed by atoms with van der Waals surface area (Å²) >= 11 is 0. The molecule has 0 saturated heterocycles. The second-order valence-electron chi connectivity index (χ2n) is 6.78. The van der Waals surface area contributed by atoms with Crippen molar-refractivity contribution in [3.63, 3.8) is 0 Å². The Balaban J connectivity index is 2.62. The molecule has 1 aromatic carbocycles. The molecule has 1 aliphatic heterocycles. The van der Waals surface area contributed by atoms with Gasteiger partial charge in [0.15, 0.2) is 11.5 Å². The molecule has 1 heterocycles. The minimum Gasteiger partial charge on any atom is -0.493 e. The van der Waals surface area contributed by atoms with Gasteiger partial charge in [0.1, 0.15) is 0 Å². The van der Waals surface area contributed by atoms with E-state index in [-0.39, 0.29) is 23.0 Å². The van der Waals surface area contributed by atoms with E-state index in [9.17, 15) is 9.59 Å². The molecule has 0 spiro atoms. The van der Waals surface area contributed by atoms with Crippen molar-refractivity contribution < 1.29 is 28.5 Å². The minimum atomic E-state index is -0.546. The zero-order valence-electron chi connectivity index (χ0n) is 17.4. The van der Waals surface area contributed by atoms with Crippen LogP contribution in [-0.4, -0.2) is 51.8 Å². The number of hydrogen-bond donors (Lipinski definition) is 0. The first kappa shape index (κ1) is 21.3. The van der Waals surface area contributed by atoms with Crippen molar-refractivity contribution >= 4 is 18.0 Å². The topological polar surface area (TPSA) is 74.3 Å². The van der Waals surface area contributed by atoms with Crippen LogP contribution in [0.5, 0.6) is 17.2 Å². The maximum atomic E-state index is 13.0. The van der Waals surface area contributed by atoms with E-state index < -0.39 is 5.97 Å². The van der Waals surface area contributed by atoms with Gasteiger partial charge in [0, 0.05) is 12.2 Å². The summed E-state index contributed by atoms with van der Waals surface area (Å²) in [6.45, 7) is 6.29. The fourth-order valence-electron chi connectivity index (χ4n) is 3.16. The summed E-state index contributed by atoms with van der Waals surface area (Å²) in [6.07, 6.45) is 1.64. The average molecular weight is 389 g/mol. The lowest BCUT2D eigenvalue weighted by Crippen LogP contribution is -2.28. The normalized spacial score (nSPS) is 15.5. The number of allylic oxidation sites excluding steroid dienone is 1. The molecule has 0 fully saturated rings. The summed E-state index contributed by atoms with van der Waals surface area (Å²) < 4.78 is 21.0. The van der Waals surface area contributed by atoms with E-state index >= 15 is 0 Å². The second-order valence-corrected chi connectivity index (χ2v) is 6.78. The van der Waals surface area contributed by atoms with E-state index in [0.717, 1.165) is 0 Å². The number of amides is 1. The molecule has 0 aromatic heterocycles. The SMILES string of the molecule is COC(=O)C1=C(C)N(CC(C)C)C(=O)/C1=C\c1cc(OC)c(OC)c(OC)c1. The monoisotopic (exact) mass is 389 g/mol. The van der Waals surface area contributed by atoms with Gasteiger partial charge >= 0.3 is 5.97 Å². The van der Waals surface area contributed by atoms with Gasteiger partial charge in [-0.25, -0.2) is 4.79 Å². The first-order valence-corrected chi connectivity index (χ1v) is 8.92. The molecule has 0 saturated carbocycles. The number of carbonyl (C=O) groups excluding carboxylic acids is 2. The standard InChI is InChI=1S/C21H27NO6/c1-12(2)11-22-13(3)18(21(24)28-7)15(20(22)23)8-14-9-16(25-4)19(27-6)17(10-14)26-5/h8-10,12H,11H2,1-7H3/b15-8-.